The highest BCUT2D eigenvalue weighted by molar-refractivity contribution is 5.90. The number of benzene rings is 1. The van der Waals surface area contributed by atoms with Gasteiger partial charge in [-0.05, 0) is 64.2 Å². The summed E-state index contributed by atoms with van der Waals surface area (Å²) in [4.78, 5) is 39.9. The van der Waals surface area contributed by atoms with E-state index in [1.807, 2.05) is 39.0 Å². The third kappa shape index (κ3) is 8.59. The molecule has 0 bridgehead atoms. The molecule has 0 spiro atoms. The molecule has 0 aromatic heterocycles. The normalized spacial score (nSPS) is 12.1. The van der Waals surface area contributed by atoms with Gasteiger partial charge in [-0.2, -0.15) is 0 Å². The van der Waals surface area contributed by atoms with Crippen LogP contribution in [-0.4, -0.2) is 48.0 Å². The van der Waals surface area contributed by atoms with E-state index in [1.54, 1.807) is 25.7 Å². The van der Waals surface area contributed by atoms with Gasteiger partial charge in [-0.15, -0.1) is 0 Å². The average molecular weight is 434 g/mol. The number of carbonyl (C=O) groups excluding carboxylic acids is 3. The maximum absolute atomic E-state index is 13.2. The Labute approximate surface area is 186 Å². The van der Waals surface area contributed by atoms with E-state index in [0.29, 0.717) is 19.5 Å². The van der Waals surface area contributed by atoms with Crippen LogP contribution >= 0.6 is 0 Å². The summed E-state index contributed by atoms with van der Waals surface area (Å²) in [6, 6.07) is 5.02. The lowest BCUT2D eigenvalue weighted by atomic mass is 9.95. The number of ether oxygens (including phenoxy) is 1. The second-order valence-electron chi connectivity index (χ2n) is 8.78. The number of hydrogen-bond acceptors (Lipinski definition) is 4. The van der Waals surface area contributed by atoms with Gasteiger partial charge in [-0.3, -0.25) is 9.59 Å². The van der Waals surface area contributed by atoms with Crippen molar-refractivity contribution in [2.75, 3.05) is 19.6 Å². The van der Waals surface area contributed by atoms with E-state index in [9.17, 15) is 14.4 Å². The second kappa shape index (κ2) is 12.3. The van der Waals surface area contributed by atoms with Gasteiger partial charge < -0.3 is 20.3 Å². The average Bonchev–Trinajstić information content (AvgIpc) is 2.67. The summed E-state index contributed by atoms with van der Waals surface area (Å²) in [7, 11) is 0. The molecule has 0 heterocycles. The number of hydrogen-bond donors (Lipinski definition) is 2. The first-order chi connectivity index (χ1) is 14.5. The zero-order valence-electron chi connectivity index (χ0n) is 20.1. The lowest BCUT2D eigenvalue weighted by Gasteiger charge is -2.32. The van der Waals surface area contributed by atoms with Crippen molar-refractivity contribution in [2.24, 2.45) is 0 Å². The summed E-state index contributed by atoms with van der Waals surface area (Å²) in [5, 5.41) is 5.49. The van der Waals surface area contributed by atoms with E-state index in [1.165, 1.54) is 0 Å². The van der Waals surface area contributed by atoms with E-state index in [-0.39, 0.29) is 18.4 Å². The topological polar surface area (TPSA) is 87.7 Å². The van der Waals surface area contributed by atoms with Crippen molar-refractivity contribution in [1.29, 1.82) is 0 Å². The van der Waals surface area contributed by atoms with E-state index in [4.69, 9.17) is 4.74 Å². The van der Waals surface area contributed by atoms with Gasteiger partial charge in [0.1, 0.15) is 18.2 Å². The summed E-state index contributed by atoms with van der Waals surface area (Å²) in [5.74, 6) is -0.537. The number of nitrogens with zero attached hydrogens (tertiary/aromatic N) is 1. The van der Waals surface area contributed by atoms with E-state index in [2.05, 4.69) is 17.6 Å². The lowest BCUT2D eigenvalue weighted by Crippen LogP contribution is -2.48. The maximum Gasteiger partial charge on any atom is 0.408 e. The molecule has 0 fully saturated rings. The van der Waals surface area contributed by atoms with Crippen molar-refractivity contribution < 1.29 is 19.1 Å². The van der Waals surface area contributed by atoms with Crippen LogP contribution in [0.2, 0.25) is 0 Å². The molecule has 3 amide bonds. The highest BCUT2D eigenvalue weighted by Crippen LogP contribution is 2.27. The van der Waals surface area contributed by atoms with Crippen LogP contribution in [0.4, 0.5) is 4.79 Å². The van der Waals surface area contributed by atoms with Crippen LogP contribution in [0.1, 0.15) is 76.6 Å². The van der Waals surface area contributed by atoms with Crippen molar-refractivity contribution in [3.63, 3.8) is 0 Å². The second-order valence-corrected chi connectivity index (χ2v) is 8.78. The first-order valence-electron chi connectivity index (χ1n) is 11.1. The van der Waals surface area contributed by atoms with Crippen molar-refractivity contribution in [2.45, 2.75) is 79.4 Å². The van der Waals surface area contributed by atoms with Gasteiger partial charge in [-0.25, -0.2) is 4.79 Å². The van der Waals surface area contributed by atoms with Crippen LogP contribution in [0.3, 0.4) is 0 Å². The van der Waals surface area contributed by atoms with E-state index >= 15 is 0 Å². The molecule has 2 N–H and O–H groups in total. The minimum atomic E-state index is -0.760. The molecule has 0 aliphatic heterocycles. The Morgan fingerprint density at radius 1 is 1.06 bits per heavy atom. The molecule has 1 aromatic carbocycles. The summed E-state index contributed by atoms with van der Waals surface area (Å²) >= 11 is 0. The molecule has 7 nitrogen and oxygen atoms in total. The van der Waals surface area contributed by atoms with Crippen molar-refractivity contribution >= 4 is 17.9 Å². The Hall–Kier alpha value is -2.57. The highest BCUT2D eigenvalue weighted by Gasteiger charge is 2.32. The van der Waals surface area contributed by atoms with Crippen LogP contribution in [-0.2, 0) is 14.3 Å². The van der Waals surface area contributed by atoms with Crippen molar-refractivity contribution in [1.82, 2.24) is 15.5 Å². The number of aryl methyl sites for hydroxylation is 1. The number of nitrogens with one attached hydrogen (secondary N) is 2. The molecule has 1 unspecified atom stereocenters. The predicted molar refractivity (Wildman–Crippen MR) is 123 cm³/mol. The molecule has 1 rings (SSSR count). The van der Waals surface area contributed by atoms with Gasteiger partial charge in [0.05, 0.1) is 0 Å². The van der Waals surface area contributed by atoms with Gasteiger partial charge in [0.15, 0.2) is 0 Å². The molecule has 0 saturated heterocycles. The number of amides is 3. The number of alkyl carbamates (subject to hydrolysis) is 1. The monoisotopic (exact) mass is 433 g/mol. The zero-order valence-corrected chi connectivity index (χ0v) is 20.1. The number of carbonyl (C=O) groups is 3. The summed E-state index contributed by atoms with van der Waals surface area (Å²) in [5.41, 5.74) is 2.18. The first kappa shape index (κ1) is 26.5. The zero-order chi connectivity index (χ0) is 23.6. The third-order valence-electron chi connectivity index (χ3n) is 4.90. The third-order valence-corrected chi connectivity index (χ3v) is 4.90. The predicted octanol–water partition coefficient (Wildman–Crippen LogP) is 4.02. The van der Waals surface area contributed by atoms with Crippen LogP contribution in [0.15, 0.2) is 18.2 Å². The number of unbranched alkanes of at least 4 members (excludes halogenated alkanes) is 1. The van der Waals surface area contributed by atoms with Gasteiger partial charge in [0, 0.05) is 13.1 Å². The van der Waals surface area contributed by atoms with Gasteiger partial charge in [0.25, 0.3) is 0 Å². The quantitative estimate of drug-likeness (QED) is 0.546. The molecule has 0 aliphatic rings. The molecular weight excluding hydrogens is 394 g/mol. The van der Waals surface area contributed by atoms with E-state index < -0.39 is 17.7 Å². The fraction of sp³-hybridized carbons (Fsp3) is 0.625. The van der Waals surface area contributed by atoms with Crippen LogP contribution in [0.25, 0.3) is 0 Å². The Morgan fingerprint density at radius 3 is 2.32 bits per heavy atom. The van der Waals surface area contributed by atoms with Crippen LogP contribution in [0.5, 0.6) is 0 Å². The molecule has 1 atom stereocenters. The fourth-order valence-electron chi connectivity index (χ4n) is 3.21. The molecule has 174 valence electrons. The summed E-state index contributed by atoms with van der Waals surface area (Å²) < 4.78 is 5.22. The van der Waals surface area contributed by atoms with Crippen molar-refractivity contribution in [3.8, 4) is 0 Å². The maximum atomic E-state index is 13.2. The summed E-state index contributed by atoms with van der Waals surface area (Å²) in [6.45, 7) is 14.0. The van der Waals surface area contributed by atoms with Crippen LogP contribution < -0.4 is 10.6 Å². The Balaban J connectivity index is 3.16. The molecule has 0 saturated carbocycles. The number of rotatable bonds is 10. The molecule has 0 radical (unpaired) electrons. The standard InChI is InChI=1S/C24H39N3O4/c1-8-10-14-25-22(29)21(19-13-11-12-17(3)18(19)4)27(15-9-2)20(28)16-26-23(30)31-24(5,6)7/h11-13,21H,8-10,14-16H2,1-7H3,(H,25,29)(H,26,30). The van der Waals surface area contributed by atoms with Gasteiger partial charge in [0.2, 0.25) is 11.8 Å². The van der Waals surface area contributed by atoms with Crippen LogP contribution in [0, 0.1) is 13.8 Å². The van der Waals surface area contributed by atoms with Gasteiger partial charge in [-0.1, -0.05) is 38.5 Å². The largest absolute Gasteiger partial charge is 0.444 e. The smallest absolute Gasteiger partial charge is 0.408 e. The first-order valence-corrected chi connectivity index (χ1v) is 11.1. The minimum absolute atomic E-state index is 0.207. The fourth-order valence-corrected chi connectivity index (χ4v) is 3.21. The Kier molecular flexibility index (Phi) is 10.5. The Morgan fingerprint density at radius 2 is 1.74 bits per heavy atom. The molecule has 1 aromatic rings. The molecular formula is C24H39N3O4. The Bertz CT molecular complexity index is 756. The van der Waals surface area contributed by atoms with Gasteiger partial charge >= 0.3 is 6.09 Å². The van der Waals surface area contributed by atoms with E-state index in [0.717, 1.165) is 29.5 Å². The lowest BCUT2D eigenvalue weighted by molar-refractivity contribution is -0.140. The summed E-state index contributed by atoms with van der Waals surface area (Å²) in [6.07, 6.45) is 1.86. The SMILES string of the molecule is CCCCNC(=O)C(c1cccc(C)c1C)N(CCC)C(=O)CNC(=O)OC(C)(C)C. The highest BCUT2D eigenvalue weighted by atomic mass is 16.6. The molecule has 7 heteroatoms. The minimum Gasteiger partial charge on any atom is -0.444 e. The molecule has 0 aliphatic carbocycles. The van der Waals surface area contributed by atoms with Crippen molar-refractivity contribution in [3.05, 3.63) is 34.9 Å². The molecule has 31 heavy (non-hydrogen) atoms.